The number of halogens is 3. The minimum absolute atomic E-state index is 0.166. The highest BCUT2D eigenvalue weighted by molar-refractivity contribution is 5.72. The third-order valence-corrected chi connectivity index (χ3v) is 2.83. The molecule has 1 atom stereocenters. The molecule has 1 aromatic carbocycles. The number of alkyl halides is 3. The van der Waals surface area contributed by atoms with Gasteiger partial charge < -0.3 is 9.84 Å². The Hall–Kier alpha value is -1.96. The van der Waals surface area contributed by atoms with Crippen LogP contribution in [-0.2, 0) is 10.4 Å². The topological polar surface area (TPSA) is 71.5 Å². The molecule has 1 fully saturated rings. The number of phenolic OH excluding ortho intramolecular Hbond substituents is 1. The van der Waals surface area contributed by atoms with Crippen LogP contribution in [0.2, 0.25) is 0 Å². The summed E-state index contributed by atoms with van der Waals surface area (Å²) in [5, 5.41) is 9.56. The number of rotatable bonds is 1. The summed E-state index contributed by atoms with van der Waals surface area (Å²) in [5.41, 5.74) is -1.71. The van der Waals surface area contributed by atoms with Gasteiger partial charge in [-0.2, -0.15) is 18.6 Å². The molecule has 1 saturated heterocycles. The Labute approximate surface area is 119 Å². The summed E-state index contributed by atoms with van der Waals surface area (Å²) >= 11 is 0. The predicted octanol–water partition coefficient (Wildman–Crippen LogP) is 2.86. The maximum Gasteiger partial charge on any atom is 0.432 e. The minimum Gasteiger partial charge on any atom is -0.508 e. The summed E-state index contributed by atoms with van der Waals surface area (Å²) in [4.78, 5) is 11.8. The van der Waals surface area contributed by atoms with Crippen molar-refractivity contribution in [1.29, 1.82) is 0 Å². The third kappa shape index (κ3) is 2.76. The van der Waals surface area contributed by atoms with Gasteiger partial charge in [0.2, 0.25) is 0 Å². The first-order valence-corrected chi connectivity index (χ1v) is 6.15. The van der Waals surface area contributed by atoms with E-state index in [1.54, 1.807) is 20.8 Å². The zero-order chi connectivity index (χ0) is 16.1. The van der Waals surface area contributed by atoms with E-state index in [1.165, 1.54) is 0 Å². The number of carbonyl (C=O) groups excluding carboxylic acids is 1. The number of carbonyl (C=O) groups is 1. The summed E-state index contributed by atoms with van der Waals surface area (Å²) < 4.78 is 45.0. The first-order chi connectivity index (χ1) is 9.47. The molecule has 1 unspecified atom stereocenters. The van der Waals surface area contributed by atoms with Crippen LogP contribution in [0.1, 0.15) is 26.3 Å². The fourth-order valence-electron chi connectivity index (χ4n) is 1.88. The Balaban J connectivity index is 2.32. The molecule has 1 amide bonds. The molecule has 1 heterocycles. The predicted molar refractivity (Wildman–Crippen MR) is 67.0 cm³/mol. The normalized spacial score (nSPS) is 22.1. The highest BCUT2D eigenvalue weighted by atomic mass is 19.4. The number of hydrogen-bond donors (Lipinski definition) is 2. The lowest BCUT2D eigenvalue weighted by Crippen LogP contribution is -2.38. The van der Waals surface area contributed by atoms with Crippen LogP contribution in [0.25, 0.3) is 0 Å². The fraction of sp³-hybridized carbons (Fsp3) is 0.462. The van der Waals surface area contributed by atoms with Gasteiger partial charge in [-0.05, 0) is 32.9 Å². The number of benzene rings is 1. The van der Waals surface area contributed by atoms with Gasteiger partial charge in [0.25, 0.3) is 5.66 Å². The van der Waals surface area contributed by atoms with Crippen LogP contribution in [0.4, 0.5) is 18.0 Å². The summed E-state index contributed by atoms with van der Waals surface area (Å²) in [6.07, 6.45) is -5.85. The van der Waals surface area contributed by atoms with E-state index < -0.39 is 23.5 Å². The molecule has 1 aliphatic heterocycles. The second kappa shape index (κ2) is 4.52. The average molecular weight is 304 g/mol. The van der Waals surface area contributed by atoms with E-state index in [4.69, 9.17) is 9.84 Å². The molecule has 0 radical (unpaired) electrons. The molecule has 5 nitrogen and oxygen atoms in total. The van der Waals surface area contributed by atoms with Gasteiger partial charge >= 0.3 is 12.3 Å². The van der Waals surface area contributed by atoms with Crippen LogP contribution in [0.3, 0.4) is 0 Å². The standard InChI is InChI=1S/C13H15F3N2O3/c1-11(2,3)21-10(20)18-12(17-18,13(14,15)16)8-4-6-9(19)7-5-8/h4-7,17,19H,1-3H3. The van der Waals surface area contributed by atoms with Crippen LogP contribution in [0, 0.1) is 0 Å². The Morgan fingerprint density at radius 3 is 2.19 bits per heavy atom. The molecule has 1 aliphatic rings. The van der Waals surface area contributed by atoms with Crippen LogP contribution in [0.5, 0.6) is 5.75 Å². The van der Waals surface area contributed by atoms with E-state index in [0.717, 1.165) is 24.3 Å². The highest BCUT2D eigenvalue weighted by Crippen LogP contribution is 2.50. The lowest BCUT2D eigenvalue weighted by Gasteiger charge is -2.22. The van der Waals surface area contributed by atoms with E-state index in [-0.39, 0.29) is 11.3 Å². The third-order valence-electron chi connectivity index (χ3n) is 2.83. The molecule has 0 spiro atoms. The smallest absolute Gasteiger partial charge is 0.432 e. The lowest BCUT2D eigenvalue weighted by atomic mass is 10.0. The van der Waals surface area contributed by atoms with Crippen LogP contribution >= 0.6 is 0 Å². The summed E-state index contributed by atoms with van der Waals surface area (Å²) in [7, 11) is 0. The molecular weight excluding hydrogens is 289 g/mol. The Kier molecular flexibility index (Phi) is 3.32. The van der Waals surface area contributed by atoms with Crippen molar-refractivity contribution >= 4 is 6.09 Å². The SMILES string of the molecule is CC(C)(C)OC(=O)N1NC1(c1ccc(O)cc1)C(F)(F)F. The van der Waals surface area contributed by atoms with Crippen molar-refractivity contribution in [3.63, 3.8) is 0 Å². The molecule has 1 aromatic rings. The molecule has 2 N–H and O–H groups in total. The van der Waals surface area contributed by atoms with Gasteiger partial charge in [0.05, 0.1) is 0 Å². The van der Waals surface area contributed by atoms with E-state index in [9.17, 15) is 18.0 Å². The van der Waals surface area contributed by atoms with Crippen molar-refractivity contribution in [2.24, 2.45) is 0 Å². The molecule has 8 heteroatoms. The van der Waals surface area contributed by atoms with Gasteiger partial charge in [-0.15, -0.1) is 0 Å². The van der Waals surface area contributed by atoms with Gasteiger partial charge in [0.1, 0.15) is 11.4 Å². The Morgan fingerprint density at radius 1 is 1.24 bits per heavy atom. The van der Waals surface area contributed by atoms with Gasteiger partial charge in [-0.25, -0.2) is 9.80 Å². The molecule has 2 rings (SSSR count). The highest BCUT2D eigenvalue weighted by Gasteiger charge is 2.74. The van der Waals surface area contributed by atoms with Crippen molar-refractivity contribution in [3.05, 3.63) is 29.8 Å². The Bertz CT molecular complexity index is 551. The van der Waals surface area contributed by atoms with Gasteiger partial charge in [-0.3, -0.25) is 0 Å². The number of nitrogens with one attached hydrogen (secondary N) is 1. The molecular formula is C13H15F3N2O3. The quantitative estimate of drug-likeness (QED) is 0.783. The monoisotopic (exact) mass is 304 g/mol. The summed E-state index contributed by atoms with van der Waals surface area (Å²) in [6.45, 7) is 4.68. The van der Waals surface area contributed by atoms with Crippen molar-refractivity contribution in [2.75, 3.05) is 0 Å². The molecule has 0 saturated carbocycles. The van der Waals surface area contributed by atoms with Gasteiger partial charge in [0.15, 0.2) is 0 Å². The average Bonchev–Trinajstić information content (AvgIpc) is 3.03. The number of hydrogen-bond acceptors (Lipinski definition) is 4. The maximum absolute atomic E-state index is 13.4. The second-order valence-electron chi connectivity index (χ2n) is 5.68. The summed E-state index contributed by atoms with van der Waals surface area (Å²) in [5.74, 6) is -0.166. The van der Waals surface area contributed by atoms with Gasteiger partial charge in [0, 0.05) is 5.56 Å². The van der Waals surface area contributed by atoms with E-state index >= 15 is 0 Å². The van der Waals surface area contributed by atoms with Crippen LogP contribution in [-0.4, -0.2) is 28.0 Å². The van der Waals surface area contributed by atoms with Crippen LogP contribution in [0.15, 0.2) is 24.3 Å². The number of aromatic hydroxyl groups is 1. The molecule has 116 valence electrons. The second-order valence-corrected chi connectivity index (χ2v) is 5.68. The molecule has 0 aliphatic carbocycles. The molecule has 0 bridgehead atoms. The first-order valence-electron chi connectivity index (χ1n) is 6.15. The van der Waals surface area contributed by atoms with Crippen molar-refractivity contribution in [3.8, 4) is 5.75 Å². The van der Waals surface area contributed by atoms with Crippen molar-refractivity contribution in [1.82, 2.24) is 10.4 Å². The number of phenols is 1. The van der Waals surface area contributed by atoms with Crippen LogP contribution < -0.4 is 5.43 Å². The fourth-order valence-corrected chi connectivity index (χ4v) is 1.88. The number of amides is 1. The summed E-state index contributed by atoms with van der Waals surface area (Å²) in [6, 6.07) is 4.44. The molecule has 21 heavy (non-hydrogen) atoms. The van der Waals surface area contributed by atoms with Crippen molar-refractivity contribution < 1.29 is 27.8 Å². The van der Waals surface area contributed by atoms with E-state index in [1.807, 2.05) is 5.43 Å². The zero-order valence-electron chi connectivity index (χ0n) is 11.7. The maximum atomic E-state index is 13.4. The first kappa shape index (κ1) is 15.4. The number of hydrazine groups is 1. The minimum atomic E-state index is -4.74. The zero-order valence-corrected chi connectivity index (χ0v) is 11.7. The number of nitrogens with zero attached hydrogens (tertiary/aromatic N) is 1. The van der Waals surface area contributed by atoms with E-state index in [2.05, 4.69) is 0 Å². The molecule has 0 aromatic heterocycles. The van der Waals surface area contributed by atoms with Gasteiger partial charge in [-0.1, -0.05) is 12.1 Å². The lowest BCUT2D eigenvalue weighted by molar-refractivity contribution is -0.174. The van der Waals surface area contributed by atoms with Crippen molar-refractivity contribution in [2.45, 2.75) is 38.2 Å². The van der Waals surface area contributed by atoms with E-state index in [0.29, 0.717) is 5.01 Å². The largest absolute Gasteiger partial charge is 0.508 e. The number of ether oxygens (including phenoxy) is 1. The Morgan fingerprint density at radius 2 is 1.76 bits per heavy atom.